The Hall–Kier alpha value is -3.32. The van der Waals surface area contributed by atoms with Crippen LogP contribution in [0.4, 0.5) is 8.78 Å². The van der Waals surface area contributed by atoms with E-state index in [1.807, 2.05) is 26.1 Å². The van der Waals surface area contributed by atoms with Crippen LogP contribution < -0.4 is 5.73 Å². The number of benzene rings is 1. The van der Waals surface area contributed by atoms with Crippen molar-refractivity contribution in [2.75, 3.05) is 0 Å². The minimum Gasteiger partial charge on any atom is -0.356 e. The molecule has 31 heavy (non-hydrogen) atoms. The third-order valence-electron chi connectivity index (χ3n) is 5.41. The molecule has 0 aliphatic heterocycles. The summed E-state index contributed by atoms with van der Waals surface area (Å²) in [6.45, 7) is 4.00. The molecule has 160 valence electrons. The molecule has 0 radical (unpaired) electrons. The van der Waals surface area contributed by atoms with Crippen LogP contribution in [0, 0.1) is 11.6 Å². The van der Waals surface area contributed by atoms with Gasteiger partial charge in [0.1, 0.15) is 5.65 Å². The van der Waals surface area contributed by atoms with Crippen LogP contribution >= 0.6 is 0 Å². The number of aromatic nitrogens is 3. The summed E-state index contributed by atoms with van der Waals surface area (Å²) < 4.78 is 33.5. The van der Waals surface area contributed by atoms with Gasteiger partial charge < -0.3 is 15.2 Å². The molecule has 0 bridgehead atoms. The lowest BCUT2D eigenvalue weighted by atomic mass is 9.91. The highest BCUT2D eigenvalue weighted by Gasteiger charge is 2.21. The van der Waals surface area contributed by atoms with E-state index in [2.05, 4.69) is 21.2 Å². The molecule has 7 heteroatoms. The van der Waals surface area contributed by atoms with Crippen molar-refractivity contribution in [1.29, 1.82) is 0 Å². The molecule has 1 unspecified atom stereocenters. The molecule has 4 aromatic rings. The molecule has 0 saturated heterocycles. The van der Waals surface area contributed by atoms with Gasteiger partial charge >= 0.3 is 0 Å². The monoisotopic (exact) mass is 422 g/mol. The summed E-state index contributed by atoms with van der Waals surface area (Å²) >= 11 is 0. The molecule has 5 nitrogen and oxygen atoms in total. The van der Waals surface area contributed by atoms with Gasteiger partial charge in [-0.3, -0.25) is 0 Å². The predicted octanol–water partition coefficient (Wildman–Crippen LogP) is 6.08. The van der Waals surface area contributed by atoms with Gasteiger partial charge in [0.05, 0.1) is 11.8 Å². The molecule has 3 N–H and O–H groups in total. The first-order valence-electron chi connectivity index (χ1n) is 10.4. The van der Waals surface area contributed by atoms with Crippen molar-refractivity contribution in [3.05, 3.63) is 66.1 Å². The fourth-order valence-corrected chi connectivity index (χ4v) is 3.82. The second-order valence-corrected chi connectivity index (χ2v) is 7.26. The van der Waals surface area contributed by atoms with Crippen molar-refractivity contribution in [3.8, 4) is 22.5 Å². The van der Waals surface area contributed by atoms with Crippen LogP contribution in [0.5, 0.6) is 0 Å². The van der Waals surface area contributed by atoms with Gasteiger partial charge in [0.15, 0.2) is 17.4 Å². The summed E-state index contributed by atoms with van der Waals surface area (Å²) in [6.07, 6.45) is 9.82. The maximum atomic E-state index is 14.4. The highest BCUT2D eigenvalue weighted by molar-refractivity contribution is 5.97. The lowest BCUT2D eigenvalue weighted by molar-refractivity contribution is 0.432. The van der Waals surface area contributed by atoms with E-state index in [4.69, 9.17) is 10.3 Å². The van der Waals surface area contributed by atoms with Gasteiger partial charge in [-0.2, -0.15) is 0 Å². The van der Waals surface area contributed by atoms with E-state index >= 15 is 0 Å². The largest absolute Gasteiger partial charge is 0.356 e. The van der Waals surface area contributed by atoms with Crippen molar-refractivity contribution in [2.45, 2.75) is 39.2 Å². The Bertz CT molecular complexity index is 1240. The first-order valence-corrected chi connectivity index (χ1v) is 10.4. The highest BCUT2D eigenvalue weighted by Crippen LogP contribution is 2.38. The van der Waals surface area contributed by atoms with Crippen LogP contribution in [0.3, 0.4) is 0 Å². The van der Waals surface area contributed by atoms with E-state index in [1.165, 1.54) is 23.9 Å². The van der Waals surface area contributed by atoms with Crippen LogP contribution in [0.15, 0.2) is 53.5 Å². The lowest BCUT2D eigenvalue weighted by Gasteiger charge is -2.18. The number of nitrogens with zero attached hydrogens (tertiary/aromatic N) is 2. The second kappa shape index (κ2) is 8.81. The van der Waals surface area contributed by atoms with Crippen LogP contribution in [0.2, 0.25) is 0 Å². The number of halogens is 2. The molecule has 3 aromatic heterocycles. The highest BCUT2D eigenvalue weighted by atomic mass is 19.2. The summed E-state index contributed by atoms with van der Waals surface area (Å²) in [7, 11) is 0. The number of hydrogen-bond donors (Lipinski definition) is 2. The normalized spacial score (nSPS) is 16.0. The standard InChI is InChI=1S/C22H18F2N4O.C2H6/c23-19-3-1-2-15(20(19)24)18-11-28-29-21(18)17-10-27-22-16(17)8-13(9-26-22)12-4-6-14(25)7-5-12;1-2/h1-4,8-11,14H,5-7,25H2,(H,26,27);1-2H3. The molecule has 5 rings (SSSR count). The van der Waals surface area contributed by atoms with E-state index < -0.39 is 11.6 Å². The van der Waals surface area contributed by atoms with E-state index in [9.17, 15) is 8.78 Å². The van der Waals surface area contributed by atoms with Gasteiger partial charge in [0.2, 0.25) is 0 Å². The van der Waals surface area contributed by atoms with Crippen LogP contribution in [-0.4, -0.2) is 21.2 Å². The maximum absolute atomic E-state index is 14.4. The van der Waals surface area contributed by atoms with Crippen molar-refractivity contribution < 1.29 is 13.3 Å². The summed E-state index contributed by atoms with van der Waals surface area (Å²) in [4.78, 5) is 7.63. The van der Waals surface area contributed by atoms with Crippen LogP contribution in [-0.2, 0) is 0 Å². The average Bonchev–Trinajstić information content (AvgIpc) is 3.44. The molecular formula is C24H24F2N4O. The quantitative estimate of drug-likeness (QED) is 0.419. The Morgan fingerprint density at radius 1 is 1.13 bits per heavy atom. The summed E-state index contributed by atoms with van der Waals surface area (Å²) in [5, 5.41) is 4.66. The molecule has 1 atom stereocenters. The maximum Gasteiger partial charge on any atom is 0.176 e. The molecule has 1 aromatic carbocycles. The number of rotatable bonds is 3. The average molecular weight is 422 g/mol. The van der Waals surface area contributed by atoms with E-state index in [-0.39, 0.29) is 11.6 Å². The summed E-state index contributed by atoms with van der Waals surface area (Å²) in [5.74, 6) is -1.49. The van der Waals surface area contributed by atoms with Gasteiger partial charge in [-0.15, -0.1) is 0 Å². The Morgan fingerprint density at radius 2 is 1.97 bits per heavy atom. The SMILES string of the molecule is CC.NC1CC=C(c2cnc3[nH]cc(-c4oncc4-c4cccc(F)c4F)c3c2)CC1. The van der Waals surface area contributed by atoms with Crippen LogP contribution in [0.25, 0.3) is 39.1 Å². The minimum atomic E-state index is -0.931. The predicted molar refractivity (Wildman–Crippen MR) is 118 cm³/mol. The zero-order valence-electron chi connectivity index (χ0n) is 17.5. The molecular weight excluding hydrogens is 398 g/mol. The number of nitrogens with two attached hydrogens (primary N) is 1. The molecule has 0 amide bonds. The van der Waals surface area contributed by atoms with E-state index in [0.29, 0.717) is 22.5 Å². The number of pyridine rings is 1. The molecule has 0 fully saturated rings. The van der Waals surface area contributed by atoms with Gasteiger partial charge in [0.25, 0.3) is 0 Å². The number of fused-ring (bicyclic) bond motifs is 1. The molecule has 0 saturated carbocycles. The lowest BCUT2D eigenvalue weighted by Crippen LogP contribution is -2.21. The van der Waals surface area contributed by atoms with E-state index in [1.54, 1.807) is 6.20 Å². The minimum absolute atomic E-state index is 0.101. The Labute approximate surface area is 179 Å². The number of hydrogen-bond acceptors (Lipinski definition) is 4. The topological polar surface area (TPSA) is 80.7 Å². The first kappa shape index (κ1) is 20.9. The van der Waals surface area contributed by atoms with Crippen molar-refractivity contribution >= 4 is 16.6 Å². The second-order valence-electron chi connectivity index (χ2n) is 7.26. The number of aromatic amines is 1. The third-order valence-corrected chi connectivity index (χ3v) is 5.41. The molecule has 0 spiro atoms. The molecule has 1 aliphatic rings. The molecule has 1 aliphatic carbocycles. The zero-order valence-corrected chi connectivity index (χ0v) is 17.5. The number of nitrogens with one attached hydrogen (secondary N) is 1. The third kappa shape index (κ3) is 3.88. The summed E-state index contributed by atoms with van der Waals surface area (Å²) in [6, 6.07) is 6.28. The Kier molecular flexibility index (Phi) is 5.95. The van der Waals surface area contributed by atoms with E-state index in [0.717, 1.165) is 36.3 Å². The number of allylic oxidation sites excluding steroid dienone is 1. The van der Waals surface area contributed by atoms with Gasteiger partial charge in [-0.25, -0.2) is 13.8 Å². The Balaban J connectivity index is 0.00000112. The van der Waals surface area contributed by atoms with Gasteiger partial charge in [-0.05, 0) is 42.5 Å². The molecule has 3 heterocycles. The smallest absolute Gasteiger partial charge is 0.176 e. The fraction of sp³-hybridized carbons (Fsp3) is 0.250. The van der Waals surface area contributed by atoms with Crippen molar-refractivity contribution in [3.63, 3.8) is 0 Å². The fourth-order valence-electron chi connectivity index (χ4n) is 3.82. The summed E-state index contributed by atoms with van der Waals surface area (Å²) in [5.41, 5.74) is 10.1. The van der Waals surface area contributed by atoms with Gasteiger partial charge in [0, 0.05) is 34.9 Å². The van der Waals surface area contributed by atoms with Crippen molar-refractivity contribution in [1.82, 2.24) is 15.1 Å². The van der Waals surface area contributed by atoms with Crippen LogP contribution in [0.1, 0.15) is 38.7 Å². The first-order chi connectivity index (χ1) is 15.1. The zero-order chi connectivity index (χ0) is 22.0. The van der Waals surface area contributed by atoms with Crippen molar-refractivity contribution in [2.24, 2.45) is 5.73 Å². The number of H-pyrrole nitrogens is 1. The van der Waals surface area contributed by atoms with Gasteiger partial charge in [-0.1, -0.05) is 37.2 Å². The Morgan fingerprint density at radius 3 is 2.74 bits per heavy atom.